The monoisotopic (exact) mass is 799 g/mol. The van der Waals surface area contributed by atoms with Crippen LogP contribution in [0.3, 0.4) is 0 Å². The predicted octanol–water partition coefficient (Wildman–Crippen LogP) is -0.656. The van der Waals surface area contributed by atoms with E-state index in [2.05, 4.69) is 10.6 Å². The molecule has 20 heteroatoms. The van der Waals surface area contributed by atoms with Crippen LogP contribution in [0.25, 0.3) is 0 Å². The zero-order chi connectivity index (χ0) is 41.1. The lowest BCUT2D eigenvalue weighted by Crippen LogP contribution is -2.61. The molecule has 3 rings (SSSR count). The number of aliphatic hydroxyl groups excluding tert-OH is 3. The molecule has 2 aliphatic heterocycles. The first kappa shape index (κ1) is 44.9. The molecule has 1 aromatic carbocycles. The zero-order valence-electron chi connectivity index (χ0n) is 30.7. The Bertz CT molecular complexity index is 1690. The Morgan fingerprint density at radius 1 is 0.927 bits per heavy atom. The van der Waals surface area contributed by atoms with E-state index in [-0.39, 0.29) is 31.9 Å². The van der Waals surface area contributed by atoms with Gasteiger partial charge in [-0.25, -0.2) is 4.79 Å². The number of carbonyl (C=O) groups excluding carboxylic acids is 5. The van der Waals surface area contributed by atoms with Crippen molar-refractivity contribution in [1.82, 2.24) is 15.5 Å². The van der Waals surface area contributed by atoms with Gasteiger partial charge >= 0.3 is 11.9 Å². The summed E-state index contributed by atoms with van der Waals surface area (Å²) in [6.07, 6.45) is -4.63. The highest BCUT2D eigenvalue weighted by molar-refractivity contribution is 7.85. The second-order valence-corrected chi connectivity index (χ2v) is 15.7. The smallest absolute Gasteiger partial charge is 0.335 e. The maximum atomic E-state index is 12.9. The third kappa shape index (κ3) is 14.0. The van der Waals surface area contributed by atoms with Crippen LogP contribution in [0.15, 0.2) is 30.4 Å². The first-order valence-electron chi connectivity index (χ1n) is 17.6. The minimum Gasteiger partial charge on any atom is -0.479 e. The van der Waals surface area contributed by atoms with E-state index < -0.39 is 93.6 Å². The van der Waals surface area contributed by atoms with Gasteiger partial charge in [0.25, 0.3) is 21.9 Å². The lowest BCUT2D eigenvalue weighted by atomic mass is 9.97. The number of hydrogen-bond acceptors (Lipinski definition) is 14. The number of esters is 1. The highest BCUT2D eigenvalue weighted by Crippen LogP contribution is 2.28. The summed E-state index contributed by atoms with van der Waals surface area (Å²) in [5.41, 5.74) is 0.382. The van der Waals surface area contributed by atoms with Crippen molar-refractivity contribution >= 4 is 45.7 Å². The SMILES string of the molecule is CC(C)(C)C(=O)OCc1ccc(O[C@@H]2O[C@H](C(=O)O)[C@@H](O)[C@H](O)[C@H]2O)cc1CCCCNC(=O)C(CS(=O)(=O)O)NC(=O)CCCCCN1C(=O)C=CC1=O. The molecule has 0 aromatic heterocycles. The highest BCUT2D eigenvalue weighted by Gasteiger charge is 2.48. The number of nitrogens with zero attached hydrogens (tertiary/aromatic N) is 1. The summed E-state index contributed by atoms with van der Waals surface area (Å²) in [5, 5.41) is 44.7. The van der Waals surface area contributed by atoms with Crippen LogP contribution in [0.5, 0.6) is 5.75 Å². The molecule has 7 N–H and O–H groups in total. The number of aryl methyl sites for hydroxylation is 1. The van der Waals surface area contributed by atoms with Crippen molar-refractivity contribution in [2.24, 2.45) is 5.41 Å². The Hall–Kier alpha value is -4.47. The van der Waals surface area contributed by atoms with E-state index in [1.54, 1.807) is 26.8 Å². The Morgan fingerprint density at radius 2 is 1.60 bits per heavy atom. The van der Waals surface area contributed by atoms with E-state index in [9.17, 15) is 62.2 Å². The van der Waals surface area contributed by atoms with Crippen LogP contribution in [0.4, 0.5) is 0 Å². The van der Waals surface area contributed by atoms with E-state index in [4.69, 9.17) is 14.2 Å². The molecular weight excluding hydrogens is 750 g/mol. The maximum Gasteiger partial charge on any atom is 0.335 e. The van der Waals surface area contributed by atoms with Crippen LogP contribution in [0.1, 0.15) is 70.4 Å². The molecule has 0 spiro atoms. The number of carboxylic acids is 1. The van der Waals surface area contributed by atoms with Gasteiger partial charge in [0, 0.05) is 31.7 Å². The first-order chi connectivity index (χ1) is 25.7. The van der Waals surface area contributed by atoms with Crippen molar-refractivity contribution in [1.29, 1.82) is 0 Å². The van der Waals surface area contributed by atoms with Crippen LogP contribution < -0.4 is 15.4 Å². The summed E-state index contributed by atoms with van der Waals surface area (Å²) in [6.45, 7) is 5.14. The Kier molecular flexibility index (Phi) is 16.3. The van der Waals surface area contributed by atoms with Gasteiger partial charge in [-0.1, -0.05) is 12.5 Å². The van der Waals surface area contributed by atoms with E-state index in [1.807, 2.05) is 0 Å². The standard InChI is InChI=1S/C35H49N3O16S/c1-35(2,3)34(48)52-18-21-11-12-22(53-33-29(44)27(42)28(43)30(54-33)32(46)47)17-20(21)9-6-7-15-36-31(45)23(19-55(49,50)51)37-24(39)10-5-4-8-16-38-25(40)13-14-26(38)41/h11-14,17,23,27-30,33,42-44H,4-10,15-16,18-19H2,1-3H3,(H,36,45)(H,37,39)(H,46,47)(H,49,50,51)/t23?,27-,28-,29+,30-,33+/m0/s1. The van der Waals surface area contributed by atoms with Crippen molar-refractivity contribution in [3.8, 4) is 5.75 Å². The number of ether oxygens (including phenoxy) is 3. The molecule has 306 valence electrons. The largest absolute Gasteiger partial charge is 0.479 e. The number of aliphatic carboxylic acids is 1. The quantitative estimate of drug-likeness (QED) is 0.0373. The molecule has 4 amide bonds. The number of unbranched alkanes of at least 4 members (excludes halogenated alkanes) is 3. The zero-order valence-corrected chi connectivity index (χ0v) is 31.5. The maximum absolute atomic E-state index is 12.9. The minimum absolute atomic E-state index is 0.0307. The molecule has 2 heterocycles. The number of nitrogens with one attached hydrogen (secondary N) is 2. The lowest BCUT2D eigenvalue weighted by Gasteiger charge is -2.38. The van der Waals surface area contributed by atoms with Gasteiger partial charge in [-0.2, -0.15) is 8.42 Å². The molecule has 0 bridgehead atoms. The minimum atomic E-state index is -4.67. The molecule has 1 saturated heterocycles. The molecule has 1 aromatic rings. The second-order valence-electron chi connectivity index (χ2n) is 14.2. The number of carbonyl (C=O) groups is 6. The molecule has 19 nitrogen and oxygen atoms in total. The number of hydrogen-bond donors (Lipinski definition) is 7. The van der Waals surface area contributed by atoms with Gasteiger partial charge in [0.15, 0.2) is 6.10 Å². The summed E-state index contributed by atoms with van der Waals surface area (Å²) in [6, 6.07) is 2.97. The van der Waals surface area contributed by atoms with Crippen LogP contribution in [0.2, 0.25) is 0 Å². The summed E-state index contributed by atoms with van der Waals surface area (Å²) in [7, 11) is -4.67. The van der Waals surface area contributed by atoms with E-state index in [0.717, 1.165) is 4.90 Å². The van der Waals surface area contributed by atoms with Gasteiger partial charge in [0.2, 0.25) is 18.1 Å². The fraction of sp³-hybridized carbons (Fsp3) is 0.600. The van der Waals surface area contributed by atoms with Crippen molar-refractivity contribution < 1.29 is 76.4 Å². The predicted molar refractivity (Wildman–Crippen MR) is 189 cm³/mol. The number of aliphatic hydroxyl groups is 3. The van der Waals surface area contributed by atoms with E-state index in [0.29, 0.717) is 49.7 Å². The Morgan fingerprint density at radius 3 is 2.22 bits per heavy atom. The molecular formula is C35H49N3O16S. The van der Waals surface area contributed by atoms with Crippen LogP contribution in [-0.2, 0) is 61.4 Å². The van der Waals surface area contributed by atoms with Crippen molar-refractivity contribution in [2.75, 3.05) is 18.8 Å². The molecule has 1 unspecified atom stereocenters. The molecule has 6 atom stereocenters. The Balaban J connectivity index is 1.57. The Labute approximate surface area is 317 Å². The van der Waals surface area contributed by atoms with Gasteiger partial charge in [-0.15, -0.1) is 0 Å². The number of imide groups is 1. The van der Waals surface area contributed by atoms with E-state index >= 15 is 0 Å². The third-order valence-corrected chi connectivity index (χ3v) is 9.36. The third-order valence-electron chi connectivity index (χ3n) is 8.60. The molecule has 55 heavy (non-hydrogen) atoms. The summed E-state index contributed by atoms with van der Waals surface area (Å²) in [4.78, 5) is 73.7. The van der Waals surface area contributed by atoms with Crippen molar-refractivity contribution in [3.63, 3.8) is 0 Å². The van der Waals surface area contributed by atoms with Crippen LogP contribution in [-0.4, -0.2) is 129 Å². The number of amides is 4. The average Bonchev–Trinajstić information content (AvgIpc) is 3.41. The van der Waals surface area contributed by atoms with Gasteiger partial charge in [0.1, 0.15) is 42.5 Å². The van der Waals surface area contributed by atoms with Gasteiger partial charge in [0.05, 0.1) is 5.41 Å². The fourth-order valence-corrected chi connectivity index (χ4v) is 6.17. The fourth-order valence-electron chi connectivity index (χ4n) is 5.51. The second kappa shape index (κ2) is 19.9. The van der Waals surface area contributed by atoms with Crippen LogP contribution in [0, 0.1) is 5.41 Å². The molecule has 1 fully saturated rings. The van der Waals surface area contributed by atoms with Gasteiger partial charge in [-0.3, -0.25) is 33.4 Å². The molecule has 0 radical (unpaired) electrons. The number of carboxylic acid groups (broad SMARTS) is 1. The van der Waals surface area contributed by atoms with Gasteiger partial charge < -0.3 is 45.3 Å². The summed E-state index contributed by atoms with van der Waals surface area (Å²) < 4.78 is 49.0. The number of benzene rings is 1. The summed E-state index contributed by atoms with van der Waals surface area (Å²) in [5.74, 6) is -5.36. The molecule has 0 saturated carbocycles. The summed E-state index contributed by atoms with van der Waals surface area (Å²) >= 11 is 0. The van der Waals surface area contributed by atoms with Crippen molar-refractivity contribution in [2.45, 2.75) is 109 Å². The van der Waals surface area contributed by atoms with E-state index in [1.165, 1.54) is 24.3 Å². The first-order valence-corrected chi connectivity index (χ1v) is 19.2. The normalized spacial score (nSPS) is 21.9. The number of rotatable bonds is 20. The topological polar surface area (TPSA) is 293 Å². The van der Waals surface area contributed by atoms with Crippen molar-refractivity contribution in [3.05, 3.63) is 41.5 Å². The molecule has 2 aliphatic rings. The van der Waals surface area contributed by atoms with Crippen LogP contribution >= 0.6 is 0 Å². The lowest BCUT2D eigenvalue weighted by molar-refractivity contribution is -0.271. The molecule has 0 aliphatic carbocycles. The highest BCUT2D eigenvalue weighted by atomic mass is 32.2. The average molecular weight is 800 g/mol. The van der Waals surface area contributed by atoms with Gasteiger partial charge in [-0.05, 0) is 76.1 Å².